The number of nitrogens with zero attached hydrogens (tertiary/aromatic N) is 4. The zero-order valence-corrected chi connectivity index (χ0v) is 18.2. The first-order chi connectivity index (χ1) is 14.3. The molecule has 1 aliphatic rings. The Labute approximate surface area is 178 Å². The number of pyridine rings is 1. The zero-order valence-electron chi connectivity index (χ0n) is 16.5. The van der Waals surface area contributed by atoms with E-state index in [4.69, 9.17) is 4.52 Å². The van der Waals surface area contributed by atoms with Crippen LogP contribution in [0.3, 0.4) is 0 Å². The van der Waals surface area contributed by atoms with E-state index in [-0.39, 0.29) is 16.7 Å². The molecule has 30 heavy (non-hydrogen) atoms. The van der Waals surface area contributed by atoms with Gasteiger partial charge in [0.25, 0.3) is 10.0 Å². The van der Waals surface area contributed by atoms with Crippen molar-refractivity contribution in [2.45, 2.75) is 30.9 Å². The highest BCUT2D eigenvalue weighted by Gasteiger charge is 2.34. The topological polar surface area (TPSA) is 118 Å². The van der Waals surface area contributed by atoms with Gasteiger partial charge in [0, 0.05) is 37.2 Å². The molecule has 0 bridgehead atoms. The third kappa shape index (κ3) is 4.27. The Kier molecular flexibility index (Phi) is 5.67. The Hall–Kier alpha value is -2.63. The Morgan fingerprint density at radius 1 is 1.33 bits per heavy atom. The van der Waals surface area contributed by atoms with Crippen LogP contribution in [0.1, 0.15) is 24.3 Å². The number of aromatic nitrogens is 3. The Bertz CT molecular complexity index is 1170. The van der Waals surface area contributed by atoms with Gasteiger partial charge < -0.3 is 9.84 Å². The summed E-state index contributed by atoms with van der Waals surface area (Å²) in [5, 5.41) is 8.31. The van der Waals surface area contributed by atoms with E-state index in [1.165, 1.54) is 4.31 Å². The number of piperidine rings is 1. The highest BCUT2D eigenvalue weighted by Crippen LogP contribution is 2.31. The predicted molar refractivity (Wildman–Crippen MR) is 111 cm³/mol. The van der Waals surface area contributed by atoms with E-state index in [0.717, 1.165) is 16.9 Å². The van der Waals surface area contributed by atoms with E-state index in [2.05, 4.69) is 20.4 Å². The fraction of sp³-hybridized carbons (Fsp3) is 0.368. The van der Waals surface area contributed by atoms with Gasteiger partial charge in [-0.2, -0.15) is 9.29 Å². The average molecular weight is 448 g/mol. The summed E-state index contributed by atoms with van der Waals surface area (Å²) >= 11 is 1.11. The van der Waals surface area contributed by atoms with Crippen molar-refractivity contribution in [1.29, 1.82) is 0 Å². The lowest BCUT2D eigenvalue weighted by Crippen LogP contribution is -2.43. The summed E-state index contributed by atoms with van der Waals surface area (Å²) in [6.45, 7) is 4.10. The molecule has 0 aliphatic carbocycles. The molecule has 1 fully saturated rings. The lowest BCUT2D eigenvalue weighted by molar-refractivity contribution is -0.120. The standard InChI is InChI=1S/C19H21N5O4S2/c1-12-5-6-20-16(8-12)22-19(25)14-4-3-7-24(10-14)30(26,27)17-9-15(11-29-17)18-21-13(2)28-23-18/h5-6,8-9,11,14H,3-4,7,10H2,1-2H3,(H,20,22,25)/t14-/m0/s1. The fourth-order valence-corrected chi connectivity index (χ4v) is 6.15. The summed E-state index contributed by atoms with van der Waals surface area (Å²) in [7, 11) is -3.72. The van der Waals surface area contributed by atoms with Crippen LogP contribution < -0.4 is 5.32 Å². The van der Waals surface area contributed by atoms with Crippen LogP contribution in [-0.2, 0) is 14.8 Å². The molecule has 1 aliphatic heterocycles. The number of aryl methyl sites for hydroxylation is 2. The summed E-state index contributed by atoms with van der Waals surface area (Å²) < 4.78 is 32.8. The monoisotopic (exact) mass is 447 g/mol. The minimum Gasteiger partial charge on any atom is -0.339 e. The van der Waals surface area contributed by atoms with Gasteiger partial charge >= 0.3 is 0 Å². The lowest BCUT2D eigenvalue weighted by Gasteiger charge is -2.30. The van der Waals surface area contributed by atoms with E-state index >= 15 is 0 Å². The first-order valence-electron chi connectivity index (χ1n) is 9.46. The Morgan fingerprint density at radius 2 is 2.17 bits per heavy atom. The molecule has 4 rings (SSSR count). The zero-order chi connectivity index (χ0) is 21.3. The first-order valence-corrected chi connectivity index (χ1v) is 11.8. The average Bonchev–Trinajstić information content (AvgIpc) is 3.37. The molecular weight excluding hydrogens is 426 g/mol. The van der Waals surface area contributed by atoms with Crippen molar-refractivity contribution in [2.75, 3.05) is 18.4 Å². The lowest BCUT2D eigenvalue weighted by atomic mass is 9.99. The quantitative estimate of drug-likeness (QED) is 0.639. The molecule has 158 valence electrons. The summed E-state index contributed by atoms with van der Waals surface area (Å²) in [6, 6.07) is 5.17. The number of anilines is 1. The van der Waals surface area contributed by atoms with Gasteiger partial charge in [-0.1, -0.05) is 5.16 Å². The second-order valence-corrected chi connectivity index (χ2v) is 10.3. The molecule has 3 aromatic rings. The summed E-state index contributed by atoms with van der Waals surface area (Å²) in [4.78, 5) is 21.0. The normalized spacial score (nSPS) is 17.7. The number of rotatable bonds is 5. The van der Waals surface area contributed by atoms with Crippen LogP contribution in [0, 0.1) is 19.8 Å². The molecule has 0 saturated carbocycles. The van der Waals surface area contributed by atoms with Crippen molar-refractivity contribution in [3.8, 4) is 11.4 Å². The van der Waals surface area contributed by atoms with E-state index in [9.17, 15) is 13.2 Å². The number of carbonyl (C=O) groups excluding carboxylic acids is 1. The molecule has 0 radical (unpaired) electrons. The van der Waals surface area contributed by atoms with Crippen LogP contribution in [0.15, 0.2) is 38.5 Å². The van der Waals surface area contributed by atoms with E-state index in [0.29, 0.717) is 42.5 Å². The van der Waals surface area contributed by atoms with Gasteiger partial charge in [-0.3, -0.25) is 4.79 Å². The Morgan fingerprint density at radius 3 is 2.90 bits per heavy atom. The molecule has 3 aromatic heterocycles. The number of hydrogen-bond donors (Lipinski definition) is 1. The molecule has 0 aromatic carbocycles. The van der Waals surface area contributed by atoms with Crippen molar-refractivity contribution in [3.63, 3.8) is 0 Å². The summed E-state index contributed by atoms with van der Waals surface area (Å²) in [6.07, 6.45) is 2.87. The molecule has 4 heterocycles. The fourth-order valence-electron chi connectivity index (χ4n) is 3.32. The van der Waals surface area contributed by atoms with Crippen LogP contribution in [0.4, 0.5) is 5.82 Å². The van der Waals surface area contributed by atoms with Crippen LogP contribution >= 0.6 is 11.3 Å². The Balaban J connectivity index is 1.48. The maximum atomic E-state index is 13.1. The third-order valence-electron chi connectivity index (χ3n) is 4.88. The molecule has 11 heteroatoms. The maximum absolute atomic E-state index is 13.1. The highest BCUT2D eigenvalue weighted by atomic mass is 32.2. The molecule has 9 nitrogen and oxygen atoms in total. The number of amides is 1. The van der Waals surface area contributed by atoms with Crippen LogP contribution in [0.25, 0.3) is 11.4 Å². The molecule has 1 saturated heterocycles. The SMILES string of the molecule is Cc1ccnc(NC(=O)[C@H]2CCCN(S(=O)(=O)c3cc(-c4noc(C)n4)cs3)C2)c1. The molecule has 1 atom stereocenters. The predicted octanol–water partition coefficient (Wildman–Crippen LogP) is 2.85. The molecule has 1 amide bonds. The van der Waals surface area contributed by atoms with Gasteiger partial charge in [-0.15, -0.1) is 11.3 Å². The number of carbonyl (C=O) groups is 1. The van der Waals surface area contributed by atoms with Crippen molar-refractivity contribution < 1.29 is 17.7 Å². The van der Waals surface area contributed by atoms with Gasteiger partial charge in [-0.25, -0.2) is 13.4 Å². The van der Waals surface area contributed by atoms with Crippen LogP contribution in [-0.4, -0.2) is 46.8 Å². The van der Waals surface area contributed by atoms with Gasteiger partial charge in [-0.05, 0) is 43.5 Å². The van der Waals surface area contributed by atoms with Crippen molar-refractivity contribution in [1.82, 2.24) is 19.4 Å². The van der Waals surface area contributed by atoms with Crippen LogP contribution in [0.5, 0.6) is 0 Å². The number of nitrogens with one attached hydrogen (secondary N) is 1. The van der Waals surface area contributed by atoms with E-state index in [1.54, 1.807) is 30.6 Å². The molecular formula is C19H21N5O4S2. The van der Waals surface area contributed by atoms with Crippen molar-refractivity contribution in [2.24, 2.45) is 5.92 Å². The van der Waals surface area contributed by atoms with Crippen molar-refractivity contribution in [3.05, 3.63) is 41.2 Å². The second-order valence-electron chi connectivity index (χ2n) is 7.20. The molecule has 0 unspecified atom stereocenters. The number of sulfonamides is 1. The van der Waals surface area contributed by atoms with E-state index in [1.807, 2.05) is 13.0 Å². The second kappa shape index (κ2) is 8.25. The smallest absolute Gasteiger partial charge is 0.252 e. The third-order valence-corrected chi connectivity index (χ3v) is 8.16. The minimum atomic E-state index is -3.72. The highest BCUT2D eigenvalue weighted by molar-refractivity contribution is 7.91. The maximum Gasteiger partial charge on any atom is 0.252 e. The van der Waals surface area contributed by atoms with Crippen molar-refractivity contribution >= 4 is 33.1 Å². The number of thiophene rings is 1. The summed E-state index contributed by atoms with van der Waals surface area (Å²) in [5.41, 5.74) is 1.57. The summed E-state index contributed by atoms with van der Waals surface area (Å²) in [5.74, 6) is 0.580. The van der Waals surface area contributed by atoms with Gasteiger partial charge in [0.1, 0.15) is 10.0 Å². The largest absolute Gasteiger partial charge is 0.339 e. The van der Waals surface area contributed by atoms with E-state index < -0.39 is 15.9 Å². The van der Waals surface area contributed by atoms with Crippen LogP contribution in [0.2, 0.25) is 0 Å². The van der Waals surface area contributed by atoms with Gasteiger partial charge in [0.05, 0.1) is 5.92 Å². The van der Waals surface area contributed by atoms with Gasteiger partial charge in [0.15, 0.2) is 0 Å². The molecule has 1 N–H and O–H groups in total. The first kappa shape index (κ1) is 20.6. The number of hydrogen-bond acceptors (Lipinski definition) is 8. The minimum absolute atomic E-state index is 0.133. The molecule has 0 spiro atoms. The van der Waals surface area contributed by atoms with Gasteiger partial charge in [0.2, 0.25) is 17.6 Å².